The molecule has 0 unspecified atom stereocenters. The Morgan fingerprint density at radius 3 is 2.52 bits per heavy atom. The van der Waals surface area contributed by atoms with Crippen molar-refractivity contribution in [3.63, 3.8) is 0 Å². The number of para-hydroxylation sites is 1. The van der Waals surface area contributed by atoms with Gasteiger partial charge in [-0.15, -0.1) is 0 Å². The van der Waals surface area contributed by atoms with Crippen LogP contribution in [-0.2, 0) is 0 Å². The van der Waals surface area contributed by atoms with E-state index >= 15 is 0 Å². The van der Waals surface area contributed by atoms with Crippen molar-refractivity contribution in [2.45, 2.75) is 0 Å². The molecule has 2 aromatic rings. The molecule has 0 amide bonds. The second kappa shape index (κ2) is 7.56. The molecule has 0 spiro atoms. The normalized spacial score (nSPS) is 10.0. The molecule has 0 radical (unpaired) electrons. The van der Waals surface area contributed by atoms with Crippen LogP contribution < -0.4 is 9.47 Å². The minimum absolute atomic E-state index is 0.278. The molecule has 0 aliphatic heterocycles. The second-order valence-corrected chi connectivity index (χ2v) is 5.70. The van der Waals surface area contributed by atoms with Crippen molar-refractivity contribution in [2.24, 2.45) is 0 Å². The van der Waals surface area contributed by atoms with Crippen LogP contribution in [0, 0.1) is 11.3 Å². The first kappa shape index (κ1) is 16.0. The number of halogens is 3. The predicted octanol–water partition coefficient (Wildman–Crippen LogP) is 5.09. The Labute approximate surface area is 141 Å². The van der Waals surface area contributed by atoms with Crippen molar-refractivity contribution in [1.82, 2.24) is 0 Å². The van der Waals surface area contributed by atoms with Crippen molar-refractivity contribution >= 4 is 39.1 Å². The molecule has 0 atom stereocenters. The van der Waals surface area contributed by atoms with Gasteiger partial charge in [-0.1, -0.05) is 35.3 Å². The number of ether oxygens (including phenoxy) is 2. The van der Waals surface area contributed by atoms with Gasteiger partial charge in [0.25, 0.3) is 0 Å². The van der Waals surface area contributed by atoms with Crippen LogP contribution >= 0.6 is 39.1 Å². The molecule has 0 aliphatic rings. The molecule has 0 fully saturated rings. The van der Waals surface area contributed by atoms with Crippen LogP contribution in [-0.4, -0.2) is 13.2 Å². The van der Waals surface area contributed by atoms with E-state index in [9.17, 15) is 0 Å². The van der Waals surface area contributed by atoms with Gasteiger partial charge in [-0.25, -0.2) is 0 Å². The van der Waals surface area contributed by atoms with Gasteiger partial charge in [-0.05, 0) is 40.2 Å². The summed E-state index contributed by atoms with van der Waals surface area (Å²) < 4.78 is 11.7. The van der Waals surface area contributed by atoms with Gasteiger partial charge in [-0.3, -0.25) is 0 Å². The Kier molecular flexibility index (Phi) is 5.75. The number of nitrogens with zero attached hydrogens (tertiary/aromatic N) is 1. The SMILES string of the molecule is N#Cc1cc(Cl)cc(Br)c1OCCOc1ccccc1Cl. The molecule has 108 valence electrons. The molecule has 2 aromatic carbocycles. The Morgan fingerprint density at radius 2 is 1.81 bits per heavy atom. The third kappa shape index (κ3) is 4.28. The minimum Gasteiger partial charge on any atom is -0.488 e. The quantitative estimate of drug-likeness (QED) is 0.672. The third-order valence-electron chi connectivity index (χ3n) is 2.55. The predicted molar refractivity (Wildman–Crippen MR) is 86.3 cm³/mol. The smallest absolute Gasteiger partial charge is 0.151 e. The highest BCUT2D eigenvalue weighted by molar-refractivity contribution is 9.10. The van der Waals surface area contributed by atoms with E-state index in [1.165, 1.54) is 0 Å². The fourth-order valence-electron chi connectivity index (χ4n) is 1.65. The molecular formula is C15H10BrCl2NO2. The Morgan fingerprint density at radius 1 is 1.10 bits per heavy atom. The molecule has 0 heterocycles. The van der Waals surface area contributed by atoms with Crippen LogP contribution in [0.4, 0.5) is 0 Å². The summed E-state index contributed by atoms with van der Waals surface area (Å²) in [5.74, 6) is 1.04. The van der Waals surface area contributed by atoms with Gasteiger partial charge in [0.15, 0.2) is 5.75 Å². The van der Waals surface area contributed by atoms with E-state index < -0.39 is 0 Å². The third-order valence-corrected chi connectivity index (χ3v) is 3.67. The van der Waals surface area contributed by atoms with Crippen molar-refractivity contribution in [1.29, 1.82) is 5.26 Å². The standard InChI is InChI=1S/C15H10BrCl2NO2/c16-12-8-11(17)7-10(9-19)15(12)21-6-5-20-14-4-2-1-3-13(14)18/h1-4,7-8H,5-6H2. The summed E-state index contributed by atoms with van der Waals surface area (Å²) in [7, 11) is 0. The van der Waals surface area contributed by atoms with Crippen LogP contribution in [0.2, 0.25) is 10.0 Å². The summed E-state index contributed by atoms with van der Waals surface area (Å²) >= 11 is 15.2. The van der Waals surface area contributed by atoms with Crippen molar-refractivity contribution < 1.29 is 9.47 Å². The monoisotopic (exact) mass is 385 g/mol. The summed E-state index contributed by atoms with van der Waals surface area (Å²) in [5.41, 5.74) is 0.368. The zero-order valence-electron chi connectivity index (χ0n) is 10.8. The van der Waals surface area contributed by atoms with Gasteiger partial charge in [0.2, 0.25) is 0 Å². The number of benzene rings is 2. The molecule has 0 bridgehead atoms. The van der Waals surface area contributed by atoms with Crippen LogP contribution in [0.1, 0.15) is 5.56 Å². The summed E-state index contributed by atoms with van der Waals surface area (Å²) in [6.45, 7) is 0.587. The summed E-state index contributed by atoms with van der Waals surface area (Å²) in [4.78, 5) is 0. The fraction of sp³-hybridized carbons (Fsp3) is 0.133. The lowest BCUT2D eigenvalue weighted by atomic mass is 10.2. The van der Waals surface area contributed by atoms with Gasteiger partial charge >= 0.3 is 0 Å². The maximum absolute atomic E-state index is 9.08. The van der Waals surface area contributed by atoms with E-state index in [4.69, 9.17) is 37.9 Å². The van der Waals surface area contributed by atoms with Crippen LogP contribution in [0.15, 0.2) is 40.9 Å². The first-order valence-corrected chi connectivity index (χ1v) is 7.56. The maximum atomic E-state index is 9.08. The highest BCUT2D eigenvalue weighted by Crippen LogP contribution is 2.32. The van der Waals surface area contributed by atoms with Crippen LogP contribution in [0.25, 0.3) is 0 Å². The van der Waals surface area contributed by atoms with Gasteiger partial charge in [-0.2, -0.15) is 5.26 Å². The van der Waals surface area contributed by atoms with Crippen molar-refractivity contribution in [3.8, 4) is 17.6 Å². The molecule has 2 rings (SSSR count). The minimum atomic E-state index is 0.278. The van der Waals surface area contributed by atoms with Gasteiger partial charge in [0.05, 0.1) is 15.1 Å². The van der Waals surface area contributed by atoms with E-state index in [0.717, 1.165) is 0 Å². The molecule has 0 saturated heterocycles. The number of hydrogen-bond acceptors (Lipinski definition) is 3. The van der Waals surface area contributed by atoms with E-state index in [2.05, 4.69) is 15.9 Å². The summed E-state index contributed by atoms with van der Waals surface area (Å²) in [5, 5.41) is 10.1. The average molecular weight is 387 g/mol. The number of nitriles is 1. The number of hydrogen-bond donors (Lipinski definition) is 0. The van der Waals surface area contributed by atoms with Gasteiger partial charge in [0, 0.05) is 5.02 Å². The summed E-state index contributed by atoms with van der Waals surface area (Å²) in [6, 6.07) is 12.5. The Bertz CT molecular complexity index is 686. The maximum Gasteiger partial charge on any atom is 0.151 e. The Hall–Kier alpha value is -1.41. The van der Waals surface area contributed by atoms with Crippen molar-refractivity contribution in [3.05, 3.63) is 56.5 Å². The van der Waals surface area contributed by atoms with Gasteiger partial charge in [0.1, 0.15) is 25.0 Å². The lowest BCUT2D eigenvalue weighted by molar-refractivity contribution is 0.216. The number of rotatable bonds is 5. The van der Waals surface area contributed by atoms with E-state index in [1.807, 2.05) is 18.2 Å². The van der Waals surface area contributed by atoms with E-state index in [0.29, 0.717) is 38.2 Å². The topological polar surface area (TPSA) is 42.2 Å². The van der Waals surface area contributed by atoms with E-state index in [-0.39, 0.29) is 6.61 Å². The van der Waals surface area contributed by atoms with Crippen LogP contribution in [0.3, 0.4) is 0 Å². The van der Waals surface area contributed by atoms with Gasteiger partial charge < -0.3 is 9.47 Å². The molecule has 0 N–H and O–H groups in total. The second-order valence-electron chi connectivity index (χ2n) is 4.00. The first-order chi connectivity index (χ1) is 10.1. The molecule has 21 heavy (non-hydrogen) atoms. The van der Waals surface area contributed by atoms with E-state index in [1.54, 1.807) is 24.3 Å². The molecule has 0 saturated carbocycles. The zero-order valence-corrected chi connectivity index (χ0v) is 13.9. The highest BCUT2D eigenvalue weighted by atomic mass is 79.9. The average Bonchev–Trinajstić information content (AvgIpc) is 2.46. The lowest BCUT2D eigenvalue weighted by Gasteiger charge is -2.12. The molecule has 3 nitrogen and oxygen atoms in total. The van der Waals surface area contributed by atoms with Crippen LogP contribution in [0.5, 0.6) is 11.5 Å². The Balaban J connectivity index is 1.96. The molecule has 0 aliphatic carbocycles. The zero-order chi connectivity index (χ0) is 15.2. The molecule has 6 heteroatoms. The van der Waals surface area contributed by atoms with Crippen molar-refractivity contribution in [2.75, 3.05) is 13.2 Å². The largest absolute Gasteiger partial charge is 0.488 e. The summed E-state index contributed by atoms with van der Waals surface area (Å²) in [6.07, 6.45) is 0. The lowest BCUT2D eigenvalue weighted by Crippen LogP contribution is -2.10. The molecular weight excluding hydrogens is 377 g/mol. The fourth-order valence-corrected chi connectivity index (χ4v) is 2.76. The first-order valence-electron chi connectivity index (χ1n) is 6.01. The molecule has 0 aromatic heterocycles. The highest BCUT2D eigenvalue weighted by Gasteiger charge is 2.10.